The van der Waals surface area contributed by atoms with Crippen LogP contribution in [0.2, 0.25) is 0 Å². The van der Waals surface area contributed by atoms with Crippen LogP contribution in [0.1, 0.15) is 39.0 Å². The van der Waals surface area contributed by atoms with E-state index in [1.165, 1.54) is 0 Å². The summed E-state index contributed by atoms with van der Waals surface area (Å²) in [5.74, 6) is -0.571. The zero-order valence-corrected chi connectivity index (χ0v) is 12.4. The smallest absolute Gasteiger partial charge is 0.311 e. The van der Waals surface area contributed by atoms with Crippen molar-refractivity contribution in [3.8, 4) is 0 Å². The van der Waals surface area contributed by atoms with Gasteiger partial charge < -0.3 is 20.9 Å². The number of carbonyl (C=O) groups excluding carboxylic acids is 1. The summed E-state index contributed by atoms with van der Waals surface area (Å²) < 4.78 is 4.87. The normalized spacial score (nSPS) is 27.9. The Hall–Kier alpha value is -1.14. The van der Waals surface area contributed by atoms with E-state index in [1.807, 2.05) is 0 Å². The van der Waals surface area contributed by atoms with Gasteiger partial charge in [0.2, 0.25) is 5.91 Å². The molecule has 0 bridgehead atoms. The van der Waals surface area contributed by atoms with Gasteiger partial charge in [-0.05, 0) is 38.0 Å². The molecule has 1 atom stereocenters. The van der Waals surface area contributed by atoms with Crippen LogP contribution in [-0.2, 0) is 14.3 Å². The molecule has 1 saturated carbocycles. The van der Waals surface area contributed by atoms with E-state index in [0.717, 1.165) is 12.8 Å². The molecule has 1 amide bonds. The molecule has 1 aliphatic carbocycles. The van der Waals surface area contributed by atoms with Gasteiger partial charge in [0.15, 0.2) is 0 Å². The zero-order valence-electron chi connectivity index (χ0n) is 12.4. The number of ether oxygens (including phenoxy) is 1. The number of rotatable bonds is 7. The molecule has 116 valence electrons. The molecule has 0 aliphatic heterocycles. The third-order valence-corrected chi connectivity index (χ3v) is 4.26. The van der Waals surface area contributed by atoms with E-state index >= 15 is 0 Å². The molecule has 4 N–H and O–H groups in total. The maximum atomic E-state index is 11.8. The second kappa shape index (κ2) is 7.59. The Morgan fingerprint density at radius 1 is 1.45 bits per heavy atom. The van der Waals surface area contributed by atoms with Crippen molar-refractivity contribution in [2.45, 2.75) is 45.1 Å². The lowest BCUT2D eigenvalue weighted by atomic mass is 9.71. The number of carboxylic acids is 1. The highest BCUT2D eigenvalue weighted by atomic mass is 16.5. The lowest BCUT2D eigenvalue weighted by Crippen LogP contribution is -2.49. The Bertz CT molecular complexity index is 338. The predicted molar refractivity (Wildman–Crippen MR) is 75.2 cm³/mol. The molecule has 0 radical (unpaired) electrons. The fourth-order valence-corrected chi connectivity index (χ4v) is 2.54. The molecule has 6 nitrogen and oxygen atoms in total. The molecule has 1 unspecified atom stereocenters. The van der Waals surface area contributed by atoms with Gasteiger partial charge >= 0.3 is 5.97 Å². The average Bonchev–Trinajstić information content (AvgIpc) is 2.43. The molecule has 6 heteroatoms. The maximum absolute atomic E-state index is 11.8. The standard InChI is InChI=1S/C14H26N2O4/c1-10-3-6-14(7-4-10,13(18)19)9-16-12(17)11(15)5-8-20-2/h10-11H,3-9,15H2,1-2H3,(H,16,17)(H,18,19). The molecule has 1 aliphatic rings. The second-order valence-electron chi connectivity index (χ2n) is 5.87. The summed E-state index contributed by atoms with van der Waals surface area (Å²) in [6.45, 7) is 2.70. The van der Waals surface area contributed by atoms with Crippen LogP contribution in [0.5, 0.6) is 0 Å². The van der Waals surface area contributed by atoms with Gasteiger partial charge in [0.05, 0.1) is 11.5 Å². The Morgan fingerprint density at radius 2 is 2.05 bits per heavy atom. The van der Waals surface area contributed by atoms with Crippen LogP contribution in [-0.4, -0.2) is 43.3 Å². The van der Waals surface area contributed by atoms with Crippen molar-refractivity contribution in [3.05, 3.63) is 0 Å². The Balaban J connectivity index is 2.51. The van der Waals surface area contributed by atoms with Crippen LogP contribution in [0.4, 0.5) is 0 Å². The molecule has 1 fully saturated rings. The van der Waals surface area contributed by atoms with E-state index in [1.54, 1.807) is 7.11 Å². The summed E-state index contributed by atoms with van der Waals surface area (Å²) in [7, 11) is 1.55. The van der Waals surface area contributed by atoms with Gasteiger partial charge in [-0.3, -0.25) is 9.59 Å². The van der Waals surface area contributed by atoms with Crippen molar-refractivity contribution >= 4 is 11.9 Å². The van der Waals surface area contributed by atoms with E-state index in [2.05, 4.69) is 12.2 Å². The molecule has 0 aromatic carbocycles. The Labute approximate surface area is 120 Å². The van der Waals surface area contributed by atoms with Crippen molar-refractivity contribution in [2.75, 3.05) is 20.3 Å². The zero-order chi connectivity index (χ0) is 15.2. The third-order valence-electron chi connectivity index (χ3n) is 4.26. The summed E-state index contributed by atoms with van der Waals surface area (Å²) in [5.41, 5.74) is 4.89. The molecule has 0 aromatic heterocycles. The van der Waals surface area contributed by atoms with Crippen molar-refractivity contribution < 1.29 is 19.4 Å². The Morgan fingerprint density at radius 3 is 2.55 bits per heavy atom. The van der Waals surface area contributed by atoms with Crippen LogP contribution >= 0.6 is 0 Å². The maximum Gasteiger partial charge on any atom is 0.311 e. The number of hydrogen-bond acceptors (Lipinski definition) is 4. The van der Waals surface area contributed by atoms with Crippen molar-refractivity contribution in [2.24, 2.45) is 17.1 Å². The van der Waals surface area contributed by atoms with Gasteiger partial charge in [0.1, 0.15) is 0 Å². The summed E-state index contributed by atoms with van der Waals surface area (Å²) >= 11 is 0. The summed E-state index contributed by atoms with van der Waals surface area (Å²) in [5, 5.41) is 12.2. The number of methoxy groups -OCH3 is 1. The summed E-state index contributed by atoms with van der Waals surface area (Å²) in [6, 6.07) is -0.650. The van der Waals surface area contributed by atoms with E-state index in [0.29, 0.717) is 31.8 Å². The SMILES string of the molecule is COCCC(N)C(=O)NCC1(C(=O)O)CCC(C)CC1. The summed E-state index contributed by atoms with van der Waals surface area (Å²) in [6.07, 6.45) is 3.42. The number of nitrogens with two attached hydrogens (primary N) is 1. The highest BCUT2D eigenvalue weighted by Gasteiger charge is 2.41. The topological polar surface area (TPSA) is 102 Å². The van der Waals surface area contributed by atoms with Gasteiger partial charge in [-0.1, -0.05) is 6.92 Å². The number of amides is 1. The molecule has 0 aromatic rings. The van der Waals surface area contributed by atoms with E-state index in [-0.39, 0.29) is 12.5 Å². The highest BCUT2D eigenvalue weighted by Crippen LogP contribution is 2.38. The van der Waals surface area contributed by atoms with Crippen LogP contribution in [0.3, 0.4) is 0 Å². The van der Waals surface area contributed by atoms with Gasteiger partial charge in [-0.2, -0.15) is 0 Å². The largest absolute Gasteiger partial charge is 0.481 e. The lowest BCUT2D eigenvalue weighted by Gasteiger charge is -2.36. The first-order valence-electron chi connectivity index (χ1n) is 7.17. The number of nitrogens with one attached hydrogen (secondary N) is 1. The van der Waals surface area contributed by atoms with E-state index < -0.39 is 17.4 Å². The van der Waals surface area contributed by atoms with Gasteiger partial charge in [-0.25, -0.2) is 0 Å². The first-order chi connectivity index (χ1) is 9.41. The second-order valence-corrected chi connectivity index (χ2v) is 5.87. The molecular formula is C14H26N2O4. The molecule has 20 heavy (non-hydrogen) atoms. The molecule has 0 saturated heterocycles. The van der Waals surface area contributed by atoms with Crippen molar-refractivity contribution in [1.29, 1.82) is 0 Å². The fourth-order valence-electron chi connectivity index (χ4n) is 2.54. The average molecular weight is 286 g/mol. The molecular weight excluding hydrogens is 260 g/mol. The number of carbonyl (C=O) groups is 2. The quantitative estimate of drug-likeness (QED) is 0.641. The molecule has 1 rings (SSSR count). The van der Waals surface area contributed by atoms with Crippen LogP contribution in [0.15, 0.2) is 0 Å². The minimum atomic E-state index is -0.830. The number of carboxylic acid groups (broad SMARTS) is 1. The van der Waals surface area contributed by atoms with E-state index in [9.17, 15) is 14.7 Å². The highest BCUT2D eigenvalue weighted by molar-refractivity contribution is 5.82. The van der Waals surface area contributed by atoms with Crippen LogP contribution in [0.25, 0.3) is 0 Å². The van der Waals surface area contributed by atoms with E-state index in [4.69, 9.17) is 10.5 Å². The minimum Gasteiger partial charge on any atom is -0.481 e. The van der Waals surface area contributed by atoms with Crippen molar-refractivity contribution in [3.63, 3.8) is 0 Å². The van der Waals surface area contributed by atoms with Crippen LogP contribution in [0, 0.1) is 11.3 Å². The first kappa shape index (κ1) is 16.9. The van der Waals surface area contributed by atoms with Gasteiger partial charge in [0, 0.05) is 20.3 Å². The number of hydrogen-bond donors (Lipinski definition) is 3. The van der Waals surface area contributed by atoms with Crippen molar-refractivity contribution in [1.82, 2.24) is 5.32 Å². The fraction of sp³-hybridized carbons (Fsp3) is 0.857. The predicted octanol–water partition coefficient (Wildman–Crippen LogP) is 0.748. The number of aliphatic carboxylic acids is 1. The van der Waals surface area contributed by atoms with Gasteiger partial charge in [0.25, 0.3) is 0 Å². The first-order valence-corrected chi connectivity index (χ1v) is 7.17. The molecule has 0 spiro atoms. The summed E-state index contributed by atoms with van der Waals surface area (Å²) in [4.78, 5) is 23.4. The monoisotopic (exact) mass is 286 g/mol. The van der Waals surface area contributed by atoms with Crippen LogP contribution < -0.4 is 11.1 Å². The molecule has 0 heterocycles. The Kier molecular flexibility index (Phi) is 6.42. The minimum absolute atomic E-state index is 0.161. The third kappa shape index (κ3) is 4.45. The van der Waals surface area contributed by atoms with Gasteiger partial charge in [-0.15, -0.1) is 0 Å². The lowest BCUT2D eigenvalue weighted by molar-refractivity contribution is -0.151.